The smallest absolute Gasteiger partial charge is 0.0323 e. The molecule has 1 aromatic carbocycles. The van der Waals surface area contributed by atoms with Crippen molar-refractivity contribution < 1.29 is 0 Å². The Balaban J connectivity index is 2.00. The number of benzene rings is 1. The molecule has 1 unspecified atom stereocenters. The SMILES string of the molecule is CCCNC(CCc1cscc1Br)c1ccccc1. The zero-order valence-corrected chi connectivity index (χ0v) is 13.6. The predicted molar refractivity (Wildman–Crippen MR) is 87.8 cm³/mol. The molecule has 19 heavy (non-hydrogen) atoms. The topological polar surface area (TPSA) is 12.0 Å². The van der Waals surface area contributed by atoms with Crippen LogP contribution in [-0.2, 0) is 6.42 Å². The molecule has 1 aromatic heterocycles. The van der Waals surface area contributed by atoms with Crippen LogP contribution < -0.4 is 5.32 Å². The average Bonchev–Trinajstić information content (AvgIpc) is 2.85. The molecule has 0 bridgehead atoms. The number of halogens is 1. The summed E-state index contributed by atoms with van der Waals surface area (Å²) in [4.78, 5) is 0. The van der Waals surface area contributed by atoms with E-state index in [1.807, 2.05) is 0 Å². The molecule has 2 aromatic rings. The number of hydrogen-bond donors (Lipinski definition) is 1. The molecular weight excluding hydrogens is 318 g/mol. The van der Waals surface area contributed by atoms with Gasteiger partial charge < -0.3 is 5.32 Å². The first-order valence-electron chi connectivity index (χ1n) is 6.80. The summed E-state index contributed by atoms with van der Waals surface area (Å²) >= 11 is 5.38. The van der Waals surface area contributed by atoms with Gasteiger partial charge >= 0.3 is 0 Å². The molecule has 0 aliphatic carbocycles. The van der Waals surface area contributed by atoms with Gasteiger partial charge in [-0.05, 0) is 58.2 Å². The maximum atomic E-state index is 3.66. The third-order valence-electron chi connectivity index (χ3n) is 3.23. The number of hydrogen-bond acceptors (Lipinski definition) is 2. The van der Waals surface area contributed by atoms with E-state index in [4.69, 9.17) is 0 Å². The van der Waals surface area contributed by atoms with Gasteiger partial charge in [-0.25, -0.2) is 0 Å². The molecule has 2 rings (SSSR count). The molecule has 1 atom stereocenters. The maximum absolute atomic E-state index is 3.66. The number of rotatable bonds is 7. The minimum Gasteiger partial charge on any atom is -0.310 e. The lowest BCUT2D eigenvalue weighted by molar-refractivity contribution is 0.499. The van der Waals surface area contributed by atoms with E-state index in [-0.39, 0.29) is 0 Å². The van der Waals surface area contributed by atoms with Crippen LogP contribution in [0, 0.1) is 0 Å². The van der Waals surface area contributed by atoms with Crippen LogP contribution in [0.3, 0.4) is 0 Å². The summed E-state index contributed by atoms with van der Waals surface area (Å²) < 4.78 is 1.25. The molecule has 0 aliphatic heterocycles. The summed E-state index contributed by atoms with van der Waals surface area (Å²) in [5.41, 5.74) is 2.81. The Morgan fingerprint density at radius 1 is 1.21 bits per heavy atom. The predicted octanol–water partition coefficient (Wildman–Crippen LogP) is 5.18. The fraction of sp³-hybridized carbons (Fsp3) is 0.375. The van der Waals surface area contributed by atoms with Crippen molar-refractivity contribution in [2.45, 2.75) is 32.2 Å². The second kappa shape index (κ2) is 7.83. The fourth-order valence-corrected chi connectivity index (χ4v) is 3.71. The van der Waals surface area contributed by atoms with Crippen LogP contribution in [0.2, 0.25) is 0 Å². The molecule has 0 aliphatic rings. The van der Waals surface area contributed by atoms with Crippen molar-refractivity contribution >= 4 is 27.3 Å². The maximum Gasteiger partial charge on any atom is 0.0323 e. The summed E-state index contributed by atoms with van der Waals surface area (Å²) in [7, 11) is 0. The van der Waals surface area contributed by atoms with Gasteiger partial charge in [-0.3, -0.25) is 0 Å². The van der Waals surface area contributed by atoms with Gasteiger partial charge in [-0.1, -0.05) is 37.3 Å². The molecule has 1 N–H and O–H groups in total. The van der Waals surface area contributed by atoms with Gasteiger partial charge in [-0.15, -0.1) is 0 Å². The molecule has 0 saturated carbocycles. The highest BCUT2D eigenvalue weighted by molar-refractivity contribution is 9.10. The zero-order valence-electron chi connectivity index (χ0n) is 11.2. The van der Waals surface area contributed by atoms with Crippen molar-refractivity contribution in [2.24, 2.45) is 0 Å². The van der Waals surface area contributed by atoms with Crippen molar-refractivity contribution in [2.75, 3.05) is 6.54 Å². The minimum absolute atomic E-state index is 0.452. The Bertz CT molecular complexity index is 481. The first-order valence-corrected chi connectivity index (χ1v) is 8.53. The summed E-state index contributed by atoms with van der Waals surface area (Å²) in [6, 6.07) is 11.2. The Hall–Kier alpha value is -0.640. The summed E-state index contributed by atoms with van der Waals surface area (Å²) in [6.45, 7) is 3.29. The van der Waals surface area contributed by atoms with Crippen LogP contribution >= 0.6 is 27.3 Å². The van der Waals surface area contributed by atoms with Crippen molar-refractivity contribution in [3.63, 3.8) is 0 Å². The Kier molecular flexibility index (Phi) is 6.08. The van der Waals surface area contributed by atoms with Gasteiger partial charge in [0.2, 0.25) is 0 Å². The molecule has 0 fully saturated rings. The van der Waals surface area contributed by atoms with Crippen LogP contribution in [0.15, 0.2) is 45.6 Å². The third-order valence-corrected chi connectivity index (χ3v) is 5.07. The van der Waals surface area contributed by atoms with Gasteiger partial charge in [0.1, 0.15) is 0 Å². The highest BCUT2D eigenvalue weighted by Gasteiger charge is 2.11. The quantitative estimate of drug-likeness (QED) is 0.733. The van der Waals surface area contributed by atoms with E-state index in [2.05, 4.69) is 69.3 Å². The Morgan fingerprint density at radius 3 is 2.63 bits per heavy atom. The van der Waals surface area contributed by atoms with Crippen molar-refractivity contribution in [1.82, 2.24) is 5.32 Å². The molecule has 0 radical (unpaired) electrons. The molecule has 1 heterocycles. The summed E-state index contributed by atoms with van der Waals surface area (Å²) in [6.07, 6.45) is 3.42. The first kappa shape index (κ1) is 14.8. The lowest BCUT2D eigenvalue weighted by atomic mass is 10.00. The average molecular weight is 338 g/mol. The van der Waals surface area contributed by atoms with E-state index >= 15 is 0 Å². The van der Waals surface area contributed by atoms with Crippen molar-refractivity contribution in [3.8, 4) is 0 Å². The molecule has 0 spiro atoms. The second-order valence-corrected chi connectivity index (χ2v) is 6.30. The van der Waals surface area contributed by atoms with Gasteiger partial charge in [0.05, 0.1) is 0 Å². The second-order valence-electron chi connectivity index (χ2n) is 4.70. The normalized spacial score (nSPS) is 12.5. The largest absolute Gasteiger partial charge is 0.310 e. The lowest BCUT2D eigenvalue weighted by Crippen LogP contribution is -2.22. The molecule has 102 valence electrons. The van der Waals surface area contributed by atoms with Crippen molar-refractivity contribution in [3.05, 3.63) is 56.7 Å². The van der Waals surface area contributed by atoms with Gasteiger partial charge in [0, 0.05) is 15.9 Å². The van der Waals surface area contributed by atoms with Crippen LogP contribution in [0.4, 0.5) is 0 Å². The van der Waals surface area contributed by atoms with E-state index in [0.29, 0.717) is 6.04 Å². The molecule has 1 nitrogen and oxygen atoms in total. The number of aryl methyl sites for hydroxylation is 1. The molecule has 0 amide bonds. The fourth-order valence-electron chi connectivity index (χ4n) is 2.18. The van der Waals surface area contributed by atoms with Gasteiger partial charge in [0.25, 0.3) is 0 Å². The van der Waals surface area contributed by atoms with Crippen LogP contribution in [0.25, 0.3) is 0 Å². The van der Waals surface area contributed by atoms with Gasteiger partial charge in [-0.2, -0.15) is 11.3 Å². The zero-order chi connectivity index (χ0) is 13.5. The highest BCUT2D eigenvalue weighted by Crippen LogP contribution is 2.26. The van der Waals surface area contributed by atoms with Crippen molar-refractivity contribution in [1.29, 1.82) is 0 Å². The first-order chi connectivity index (χ1) is 9.31. The molecular formula is C16H20BrNS. The van der Waals surface area contributed by atoms with E-state index < -0.39 is 0 Å². The van der Waals surface area contributed by atoms with E-state index in [1.165, 1.54) is 22.0 Å². The van der Waals surface area contributed by atoms with E-state index in [9.17, 15) is 0 Å². The molecule has 3 heteroatoms. The Morgan fingerprint density at radius 2 is 2.00 bits per heavy atom. The Labute approximate surface area is 128 Å². The minimum atomic E-state index is 0.452. The van der Waals surface area contributed by atoms with Crippen LogP contribution in [-0.4, -0.2) is 6.54 Å². The third kappa shape index (κ3) is 4.44. The van der Waals surface area contributed by atoms with E-state index in [1.54, 1.807) is 11.3 Å². The standard InChI is InChI=1S/C16H20BrNS/c1-2-10-18-16(13-6-4-3-5-7-13)9-8-14-11-19-12-15(14)17/h3-7,11-12,16,18H,2,8-10H2,1H3. The summed E-state index contributed by atoms with van der Waals surface area (Å²) in [5, 5.41) is 8.06. The van der Waals surface area contributed by atoms with E-state index in [0.717, 1.165) is 19.4 Å². The van der Waals surface area contributed by atoms with Crippen LogP contribution in [0.1, 0.15) is 36.9 Å². The van der Waals surface area contributed by atoms with Gasteiger partial charge in [0.15, 0.2) is 0 Å². The monoisotopic (exact) mass is 337 g/mol. The number of thiophene rings is 1. The summed E-state index contributed by atoms with van der Waals surface area (Å²) in [5.74, 6) is 0. The lowest BCUT2D eigenvalue weighted by Gasteiger charge is -2.19. The molecule has 0 saturated heterocycles. The number of nitrogens with one attached hydrogen (secondary N) is 1. The van der Waals surface area contributed by atoms with Crippen LogP contribution in [0.5, 0.6) is 0 Å². The highest BCUT2D eigenvalue weighted by atomic mass is 79.9.